The van der Waals surface area contributed by atoms with Crippen LogP contribution >= 0.6 is 0 Å². The number of nitrogens with zero attached hydrogens (tertiary/aromatic N) is 1. The van der Waals surface area contributed by atoms with Crippen molar-refractivity contribution in [2.24, 2.45) is 10.4 Å². The maximum Gasteiger partial charge on any atom is 0.363 e. The molecule has 0 saturated carbocycles. The first kappa shape index (κ1) is 13.3. The van der Waals surface area contributed by atoms with E-state index in [2.05, 4.69) is 4.99 Å². The Morgan fingerprint density at radius 1 is 1.32 bits per heavy atom. The number of ether oxygens (including phenoxy) is 2. The first-order chi connectivity index (χ1) is 8.90. The van der Waals surface area contributed by atoms with Crippen molar-refractivity contribution in [1.82, 2.24) is 0 Å². The Bertz CT molecular complexity index is 565. The van der Waals surface area contributed by atoms with Crippen LogP contribution in [-0.4, -0.2) is 19.0 Å². The van der Waals surface area contributed by atoms with E-state index >= 15 is 0 Å². The predicted molar refractivity (Wildman–Crippen MR) is 74.0 cm³/mol. The van der Waals surface area contributed by atoms with Gasteiger partial charge in [-0.1, -0.05) is 32.9 Å². The van der Waals surface area contributed by atoms with Gasteiger partial charge in [-0.15, -0.1) is 0 Å². The van der Waals surface area contributed by atoms with Crippen molar-refractivity contribution in [2.75, 3.05) is 7.11 Å². The van der Waals surface area contributed by atoms with Crippen LogP contribution in [0.4, 0.5) is 0 Å². The number of rotatable bonds is 2. The molecule has 19 heavy (non-hydrogen) atoms. The molecule has 1 aliphatic rings. The molecule has 0 fully saturated rings. The predicted octanol–water partition coefficient (Wildman–Crippen LogP) is 3.04. The molecule has 1 aliphatic heterocycles. The third-order valence-electron chi connectivity index (χ3n) is 2.66. The summed E-state index contributed by atoms with van der Waals surface area (Å²) in [4.78, 5) is 16.0. The lowest BCUT2D eigenvalue weighted by atomic mass is 9.97. The van der Waals surface area contributed by atoms with Gasteiger partial charge < -0.3 is 9.47 Å². The first-order valence-corrected chi connectivity index (χ1v) is 6.07. The average molecular weight is 259 g/mol. The minimum atomic E-state index is -0.409. The van der Waals surface area contributed by atoms with Crippen LogP contribution in [0.5, 0.6) is 5.75 Å². The summed E-state index contributed by atoms with van der Waals surface area (Å²) < 4.78 is 10.3. The summed E-state index contributed by atoms with van der Waals surface area (Å²) in [6, 6.07) is 7.43. The van der Waals surface area contributed by atoms with Crippen LogP contribution in [0, 0.1) is 5.41 Å². The van der Waals surface area contributed by atoms with Crippen molar-refractivity contribution in [3.05, 3.63) is 35.5 Å². The summed E-state index contributed by atoms with van der Waals surface area (Å²) in [6.07, 6.45) is 1.70. The summed E-state index contributed by atoms with van der Waals surface area (Å²) in [6.45, 7) is 5.86. The van der Waals surface area contributed by atoms with Crippen LogP contribution in [0.3, 0.4) is 0 Å². The minimum Gasteiger partial charge on any atom is -0.497 e. The Labute approximate surface area is 112 Å². The fourth-order valence-electron chi connectivity index (χ4n) is 1.62. The smallest absolute Gasteiger partial charge is 0.363 e. The van der Waals surface area contributed by atoms with E-state index < -0.39 is 5.97 Å². The van der Waals surface area contributed by atoms with Gasteiger partial charge in [-0.3, -0.25) is 0 Å². The zero-order valence-corrected chi connectivity index (χ0v) is 11.6. The van der Waals surface area contributed by atoms with Gasteiger partial charge in [0.1, 0.15) is 5.75 Å². The molecule has 1 aromatic carbocycles. The number of benzene rings is 1. The summed E-state index contributed by atoms with van der Waals surface area (Å²) in [7, 11) is 1.60. The molecule has 0 spiro atoms. The van der Waals surface area contributed by atoms with Crippen molar-refractivity contribution in [3.63, 3.8) is 0 Å². The van der Waals surface area contributed by atoms with Gasteiger partial charge >= 0.3 is 5.97 Å². The standard InChI is InChI=1S/C15H17NO3/c1-15(2,3)14-16-12(13(17)19-14)9-10-6-5-7-11(8-10)18-4/h5-9H,1-4H3/b12-9-. The number of carbonyl (C=O) groups is 1. The molecular weight excluding hydrogens is 242 g/mol. The number of carbonyl (C=O) groups excluding carboxylic acids is 1. The van der Waals surface area contributed by atoms with Crippen LogP contribution in [-0.2, 0) is 9.53 Å². The third-order valence-corrected chi connectivity index (χ3v) is 2.66. The van der Waals surface area contributed by atoms with Gasteiger partial charge in [0, 0.05) is 5.41 Å². The second-order valence-corrected chi connectivity index (χ2v) is 5.36. The molecule has 0 amide bonds. The monoisotopic (exact) mass is 259 g/mol. The molecule has 0 atom stereocenters. The summed E-state index contributed by atoms with van der Waals surface area (Å²) in [5, 5.41) is 0. The Balaban J connectivity index is 2.33. The van der Waals surface area contributed by atoms with Gasteiger partial charge in [0.05, 0.1) is 7.11 Å². The third kappa shape index (κ3) is 3.02. The topological polar surface area (TPSA) is 47.9 Å². The van der Waals surface area contributed by atoms with E-state index in [1.807, 2.05) is 45.0 Å². The van der Waals surface area contributed by atoms with Gasteiger partial charge in [-0.05, 0) is 23.8 Å². The van der Waals surface area contributed by atoms with Gasteiger partial charge in [-0.2, -0.15) is 0 Å². The van der Waals surface area contributed by atoms with Crippen LogP contribution in [0.1, 0.15) is 26.3 Å². The van der Waals surface area contributed by atoms with Crippen LogP contribution in [0.2, 0.25) is 0 Å². The number of methoxy groups -OCH3 is 1. The van der Waals surface area contributed by atoms with Crippen molar-refractivity contribution < 1.29 is 14.3 Å². The first-order valence-electron chi connectivity index (χ1n) is 6.07. The maximum atomic E-state index is 11.8. The molecule has 1 heterocycles. The van der Waals surface area contributed by atoms with E-state index in [1.54, 1.807) is 13.2 Å². The molecule has 1 aromatic rings. The lowest BCUT2D eigenvalue weighted by Crippen LogP contribution is -2.21. The van der Waals surface area contributed by atoms with E-state index in [4.69, 9.17) is 9.47 Å². The van der Waals surface area contributed by atoms with Gasteiger partial charge in [0.25, 0.3) is 0 Å². The molecule has 4 nitrogen and oxygen atoms in total. The molecule has 0 aromatic heterocycles. The highest BCUT2D eigenvalue weighted by atomic mass is 16.6. The molecule has 0 unspecified atom stereocenters. The van der Waals surface area contributed by atoms with E-state index in [0.29, 0.717) is 11.6 Å². The van der Waals surface area contributed by atoms with Crippen molar-refractivity contribution in [1.29, 1.82) is 0 Å². The number of aliphatic imine (C=N–C) groups is 1. The molecule has 0 radical (unpaired) electrons. The lowest BCUT2D eigenvalue weighted by molar-refractivity contribution is -0.130. The van der Waals surface area contributed by atoms with E-state index in [9.17, 15) is 4.79 Å². The molecule has 100 valence electrons. The average Bonchev–Trinajstić information content (AvgIpc) is 2.71. The Morgan fingerprint density at radius 3 is 2.63 bits per heavy atom. The van der Waals surface area contributed by atoms with Crippen molar-refractivity contribution in [3.8, 4) is 5.75 Å². The van der Waals surface area contributed by atoms with Gasteiger partial charge in [0.15, 0.2) is 5.70 Å². The van der Waals surface area contributed by atoms with Gasteiger partial charge in [0.2, 0.25) is 5.90 Å². The highest BCUT2D eigenvalue weighted by Crippen LogP contribution is 2.26. The van der Waals surface area contributed by atoms with Gasteiger partial charge in [-0.25, -0.2) is 9.79 Å². The van der Waals surface area contributed by atoms with Crippen LogP contribution in [0.25, 0.3) is 6.08 Å². The molecule has 2 rings (SSSR count). The fraction of sp³-hybridized carbons (Fsp3) is 0.333. The van der Waals surface area contributed by atoms with Crippen molar-refractivity contribution >= 4 is 17.9 Å². The molecule has 0 N–H and O–H groups in total. The lowest BCUT2D eigenvalue weighted by Gasteiger charge is -2.15. The number of hydrogen-bond acceptors (Lipinski definition) is 4. The zero-order chi connectivity index (χ0) is 14.0. The molecule has 4 heteroatoms. The minimum absolute atomic E-state index is 0.278. The van der Waals surface area contributed by atoms with Crippen molar-refractivity contribution in [2.45, 2.75) is 20.8 Å². The highest BCUT2D eigenvalue weighted by molar-refractivity contribution is 6.08. The number of esters is 1. The maximum absolute atomic E-state index is 11.8. The normalized spacial score (nSPS) is 17.4. The van der Waals surface area contributed by atoms with E-state index in [0.717, 1.165) is 11.3 Å². The Hall–Kier alpha value is -2.10. The van der Waals surface area contributed by atoms with E-state index in [1.165, 1.54) is 0 Å². The molecule has 0 aliphatic carbocycles. The summed E-state index contributed by atoms with van der Waals surface area (Å²) in [5.41, 5.74) is 0.892. The summed E-state index contributed by atoms with van der Waals surface area (Å²) >= 11 is 0. The molecule has 0 saturated heterocycles. The fourth-order valence-corrected chi connectivity index (χ4v) is 1.62. The molecular formula is C15H17NO3. The van der Waals surface area contributed by atoms with E-state index in [-0.39, 0.29) is 5.41 Å². The van der Waals surface area contributed by atoms with Crippen LogP contribution < -0.4 is 4.74 Å². The zero-order valence-electron chi connectivity index (χ0n) is 11.6. The largest absolute Gasteiger partial charge is 0.497 e. The highest BCUT2D eigenvalue weighted by Gasteiger charge is 2.31. The summed E-state index contributed by atoms with van der Waals surface area (Å²) in [5.74, 6) is 0.778. The Kier molecular flexibility index (Phi) is 3.42. The number of hydrogen-bond donors (Lipinski definition) is 0. The molecule has 0 bridgehead atoms. The van der Waals surface area contributed by atoms with Crippen LogP contribution in [0.15, 0.2) is 35.0 Å². The Morgan fingerprint density at radius 2 is 2.05 bits per heavy atom. The number of cyclic esters (lactones) is 1. The second kappa shape index (κ2) is 4.88. The second-order valence-electron chi connectivity index (χ2n) is 5.36. The quantitative estimate of drug-likeness (QED) is 0.606. The SMILES string of the molecule is COc1cccc(/C=C2\N=C(C(C)(C)C)OC2=O)c1.